The zero-order valence-electron chi connectivity index (χ0n) is 12.0. The number of pyridine rings is 1. The zero-order valence-corrected chi connectivity index (χ0v) is 14.4. The van der Waals surface area contributed by atoms with Gasteiger partial charge in [-0.2, -0.15) is 4.57 Å². The van der Waals surface area contributed by atoms with Crippen molar-refractivity contribution < 1.29 is 26.3 Å². The summed E-state index contributed by atoms with van der Waals surface area (Å²) in [5.74, 6) is 0.147. The summed E-state index contributed by atoms with van der Waals surface area (Å²) in [5.41, 5.74) is 3.09. The Morgan fingerprint density at radius 3 is 2.52 bits per heavy atom. The predicted octanol–water partition coefficient (Wildman–Crippen LogP) is 0.693. The van der Waals surface area contributed by atoms with Crippen molar-refractivity contribution in [3.8, 4) is 0 Å². The van der Waals surface area contributed by atoms with Gasteiger partial charge in [-0.25, -0.2) is 0 Å². The fourth-order valence-corrected chi connectivity index (χ4v) is 3.22. The smallest absolute Gasteiger partial charge is 0.227 e. The third-order valence-corrected chi connectivity index (χ3v) is 4.62. The Hall–Kier alpha value is -1.52. The number of fused-ring (bicyclic) bond motifs is 1. The van der Waals surface area contributed by atoms with Gasteiger partial charge in [0.1, 0.15) is 4.70 Å². The predicted molar refractivity (Wildman–Crippen MR) is 82.3 cm³/mol. The first-order chi connectivity index (χ1) is 9.65. The first-order valence-corrected chi connectivity index (χ1v) is 7.49. The van der Waals surface area contributed by atoms with Crippen molar-refractivity contribution in [2.75, 3.05) is 0 Å². The van der Waals surface area contributed by atoms with Crippen LogP contribution in [0.25, 0.3) is 10.1 Å². The van der Waals surface area contributed by atoms with Crippen molar-refractivity contribution in [3.63, 3.8) is 0 Å². The lowest BCUT2D eigenvalue weighted by molar-refractivity contribution is -0.687. The third kappa shape index (κ3) is 3.22. The average Bonchev–Trinajstić information content (AvgIpc) is 2.92. The van der Waals surface area contributed by atoms with Crippen LogP contribution in [0.2, 0.25) is 0 Å². The molecule has 0 aliphatic rings. The minimum atomic E-state index is 0. The normalized spacial score (nSPS) is 10.4. The molecule has 0 amide bonds. The molecule has 21 heavy (non-hydrogen) atoms. The lowest BCUT2D eigenvalue weighted by Gasteiger charge is -2.02. The van der Waals surface area contributed by atoms with Crippen LogP contribution in [0, 0.1) is 13.8 Å². The van der Waals surface area contributed by atoms with Gasteiger partial charge in [-0.15, -0.1) is 11.3 Å². The molecule has 0 unspecified atom stereocenters. The topological polar surface area (TPSA) is 20.9 Å². The van der Waals surface area contributed by atoms with Crippen LogP contribution in [0.5, 0.6) is 0 Å². The van der Waals surface area contributed by atoms with Gasteiger partial charge in [0.2, 0.25) is 12.3 Å². The number of halogens is 1. The number of carbonyl (C=O) groups is 1. The molecular weight excluding hydrogens is 346 g/mol. The van der Waals surface area contributed by atoms with Crippen LogP contribution < -0.4 is 21.5 Å². The fraction of sp³-hybridized carbons (Fsp3) is 0.176. The highest BCUT2D eigenvalue weighted by molar-refractivity contribution is 7.17. The molecular formula is C17H16BrNOS. The van der Waals surface area contributed by atoms with Crippen LogP contribution in [-0.4, -0.2) is 5.78 Å². The Labute approximate surface area is 138 Å². The Morgan fingerprint density at radius 1 is 1.10 bits per heavy atom. The number of benzene rings is 1. The molecule has 2 nitrogen and oxygen atoms in total. The fourth-order valence-electron chi connectivity index (χ4n) is 2.31. The molecule has 108 valence electrons. The maximum Gasteiger partial charge on any atom is 0.227 e. The van der Waals surface area contributed by atoms with Crippen LogP contribution in [0.4, 0.5) is 0 Å². The van der Waals surface area contributed by atoms with Gasteiger partial charge < -0.3 is 17.0 Å². The van der Waals surface area contributed by atoms with Gasteiger partial charge in [-0.3, -0.25) is 4.79 Å². The summed E-state index contributed by atoms with van der Waals surface area (Å²) in [5, 5.41) is 3.33. The van der Waals surface area contributed by atoms with Gasteiger partial charge in [0.25, 0.3) is 0 Å². The number of carbonyl (C=O) groups excluding carboxylic acids is 1. The highest BCUT2D eigenvalue weighted by atomic mass is 79.9. The molecule has 3 aromatic rings. The minimum absolute atomic E-state index is 0. The Kier molecular flexibility index (Phi) is 4.91. The van der Waals surface area contributed by atoms with Crippen molar-refractivity contribution in [2.24, 2.45) is 0 Å². The Bertz CT molecular complexity index is 777. The first kappa shape index (κ1) is 15.9. The molecule has 0 spiro atoms. The van der Waals surface area contributed by atoms with Crippen molar-refractivity contribution in [3.05, 3.63) is 64.8 Å². The molecule has 2 heterocycles. The van der Waals surface area contributed by atoms with E-state index < -0.39 is 0 Å². The number of rotatable bonds is 3. The van der Waals surface area contributed by atoms with Crippen LogP contribution in [0.1, 0.15) is 21.6 Å². The highest BCUT2D eigenvalue weighted by Crippen LogP contribution is 2.21. The second kappa shape index (κ2) is 6.50. The summed E-state index contributed by atoms with van der Waals surface area (Å²) in [6.07, 6.45) is 2.00. The van der Waals surface area contributed by atoms with E-state index in [9.17, 15) is 4.79 Å². The molecule has 0 radical (unpaired) electrons. The molecule has 0 atom stereocenters. The second-order valence-corrected chi connectivity index (χ2v) is 5.94. The van der Waals surface area contributed by atoms with E-state index in [1.165, 1.54) is 15.6 Å². The van der Waals surface area contributed by atoms with Crippen LogP contribution in [-0.2, 0) is 6.54 Å². The van der Waals surface area contributed by atoms with E-state index in [4.69, 9.17) is 0 Å². The average molecular weight is 362 g/mol. The van der Waals surface area contributed by atoms with E-state index in [1.54, 1.807) is 11.3 Å². The molecule has 0 aliphatic carbocycles. The molecule has 0 saturated heterocycles. The van der Waals surface area contributed by atoms with Crippen LogP contribution >= 0.6 is 11.3 Å². The minimum Gasteiger partial charge on any atom is -1.00 e. The molecule has 0 aliphatic heterocycles. The van der Waals surface area contributed by atoms with Gasteiger partial charge in [0, 0.05) is 23.9 Å². The summed E-state index contributed by atoms with van der Waals surface area (Å²) in [6, 6.07) is 11.9. The maximum absolute atomic E-state index is 12.3. The van der Waals surface area contributed by atoms with Crippen molar-refractivity contribution >= 4 is 27.2 Å². The van der Waals surface area contributed by atoms with Gasteiger partial charge in [-0.1, -0.05) is 29.8 Å². The van der Waals surface area contributed by atoms with Gasteiger partial charge in [-0.05, 0) is 18.4 Å². The lowest BCUT2D eigenvalue weighted by atomic mass is 10.1. The van der Waals surface area contributed by atoms with E-state index in [0.29, 0.717) is 6.54 Å². The number of hydrogen-bond acceptors (Lipinski definition) is 2. The maximum atomic E-state index is 12.3. The molecule has 0 N–H and O–H groups in total. The van der Waals surface area contributed by atoms with Crippen molar-refractivity contribution in [1.82, 2.24) is 0 Å². The van der Waals surface area contributed by atoms with Crippen LogP contribution in [0.3, 0.4) is 0 Å². The number of Topliss-reactive ketones (excluding diaryl/α,β-unsaturated/α-hetero) is 1. The molecule has 0 bridgehead atoms. The largest absolute Gasteiger partial charge is 1.00 e. The summed E-state index contributed by atoms with van der Waals surface area (Å²) >= 11 is 1.72. The van der Waals surface area contributed by atoms with Gasteiger partial charge in [0.05, 0.1) is 0 Å². The molecule has 3 rings (SSSR count). The van der Waals surface area contributed by atoms with Crippen LogP contribution in [0.15, 0.2) is 48.0 Å². The number of hydrogen-bond donors (Lipinski definition) is 0. The molecule has 4 heteroatoms. The SMILES string of the molecule is Cc1ccc(C(=O)C[n+]2ccc3ccsc3c2C)cc1.[Br-]. The number of thiophene rings is 1. The van der Waals surface area contributed by atoms with E-state index in [2.05, 4.69) is 24.4 Å². The zero-order chi connectivity index (χ0) is 14.1. The van der Waals surface area contributed by atoms with E-state index in [0.717, 1.165) is 11.3 Å². The van der Waals surface area contributed by atoms with E-state index >= 15 is 0 Å². The number of aromatic nitrogens is 1. The Balaban J connectivity index is 0.00000161. The summed E-state index contributed by atoms with van der Waals surface area (Å²) in [7, 11) is 0. The van der Waals surface area contributed by atoms with Crippen molar-refractivity contribution in [1.29, 1.82) is 0 Å². The number of ketones is 1. The molecule has 1 aromatic carbocycles. The standard InChI is InChI=1S/C17H16NOS.BrH/c1-12-3-5-14(6-4-12)16(19)11-18-9-7-15-8-10-20-17(15)13(18)2;/h3-10H,11H2,1-2H3;1H/q+1;/p-1. The molecule has 0 saturated carbocycles. The second-order valence-electron chi connectivity index (χ2n) is 5.02. The van der Waals surface area contributed by atoms with Crippen molar-refractivity contribution in [2.45, 2.75) is 20.4 Å². The molecule has 0 fully saturated rings. The number of nitrogens with zero attached hydrogens (tertiary/aromatic N) is 1. The lowest BCUT2D eigenvalue weighted by Crippen LogP contribution is -3.00. The summed E-state index contributed by atoms with van der Waals surface area (Å²) < 4.78 is 3.28. The Morgan fingerprint density at radius 2 is 1.81 bits per heavy atom. The quantitative estimate of drug-likeness (QED) is 0.496. The molecule has 2 aromatic heterocycles. The van der Waals surface area contributed by atoms with E-state index in [1.807, 2.05) is 42.0 Å². The summed E-state index contributed by atoms with van der Waals surface area (Å²) in [4.78, 5) is 12.3. The van der Waals surface area contributed by atoms with Gasteiger partial charge >= 0.3 is 0 Å². The van der Waals surface area contributed by atoms with Gasteiger partial charge in [0.15, 0.2) is 11.9 Å². The monoisotopic (exact) mass is 361 g/mol. The van der Waals surface area contributed by atoms with E-state index in [-0.39, 0.29) is 22.8 Å². The first-order valence-electron chi connectivity index (χ1n) is 6.61. The highest BCUT2D eigenvalue weighted by Gasteiger charge is 2.16. The third-order valence-electron chi connectivity index (χ3n) is 3.58. The number of aryl methyl sites for hydroxylation is 2. The summed E-state index contributed by atoms with van der Waals surface area (Å²) in [6.45, 7) is 4.49.